The third-order valence-electron chi connectivity index (χ3n) is 3.51. The summed E-state index contributed by atoms with van der Waals surface area (Å²) in [6.45, 7) is 4.58. The zero-order chi connectivity index (χ0) is 15.0. The second-order valence-electron chi connectivity index (χ2n) is 4.52. The van der Waals surface area contributed by atoms with Crippen molar-refractivity contribution in [2.45, 2.75) is 32.2 Å². The lowest BCUT2D eigenvalue weighted by atomic mass is 9.93. The monoisotopic (exact) mass is 281 g/mol. The number of aliphatic carboxylic acids is 1. The zero-order valence-electron chi connectivity index (χ0n) is 12.3. The molecule has 112 valence electrons. The average molecular weight is 281 g/mol. The molecule has 5 nitrogen and oxygen atoms in total. The summed E-state index contributed by atoms with van der Waals surface area (Å²) in [5, 5.41) is 12.4. The van der Waals surface area contributed by atoms with E-state index in [1.54, 1.807) is 7.11 Å². The van der Waals surface area contributed by atoms with E-state index in [9.17, 15) is 9.90 Å². The van der Waals surface area contributed by atoms with Crippen LogP contribution in [0.1, 0.15) is 26.7 Å². The molecule has 0 unspecified atom stereocenters. The van der Waals surface area contributed by atoms with Crippen molar-refractivity contribution in [3.05, 3.63) is 24.3 Å². The van der Waals surface area contributed by atoms with E-state index in [0.717, 1.165) is 0 Å². The fourth-order valence-electron chi connectivity index (χ4n) is 2.07. The number of carboxylic acids is 1. The Hall–Kier alpha value is -1.75. The van der Waals surface area contributed by atoms with Crippen LogP contribution in [0.25, 0.3) is 0 Å². The zero-order valence-corrected chi connectivity index (χ0v) is 12.3. The van der Waals surface area contributed by atoms with Gasteiger partial charge in [0.05, 0.1) is 7.11 Å². The van der Waals surface area contributed by atoms with E-state index < -0.39 is 11.5 Å². The van der Waals surface area contributed by atoms with Crippen LogP contribution in [0.2, 0.25) is 0 Å². The molecule has 0 aliphatic heterocycles. The van der Waals surface area contributed by atoms with E-state index in [-0.39, 0.29) is 0 Å². The summed E-state index contributed by atoms with van der Waals surface area (Å²) in [5.41, 5.74) is -0.871. The summed E-state index contributed by atoms with van der Waals surface area (Å²) >= 11 is 0. The minimum atomic E-state index is -0.871. The maximum Gasteiger partial charge on any atom is 0.323 e. The highest BCUT2D eigenvalue weighted by Gasteiger charge is 2.33. The van der Waals surface area contributed by atoms with Gasteiger partial charge in [-0.25, -0.2) is 0 Å². The highest BCUT2D eigenvalue weighted by Crippen LogP contribution is 2.25. The van der Waals surface area contributed by atoms with Crippen molar-refractivity contribution >= 4 is 5.97 Å². The Morgan fingerprint density at radius 3 is 2.35 bits per heavy atom. The van der Waals surface area contributed by atoms with E-state index >= 15 is 0 Å². The second kappa shape index (κ2) is 7.75. The number of benzene rings is 1. The SMILES string of the molecule is CCC(CC)(NCCOc1ccccc1OC)C(=O)O. The van der Waals surface area contributed by atoms with E-state index in [2.05, 4.69) is 5.32 Å². The van der Waals surface area contributed by atoms with Crippen molar-refractivity contribution < 1.29 is 19.4 Å². The van der Waals surface area contributed by atoms with Crippen LogP contribution < -0.4 is 14.8 Å². The fraction of sp³-hybridized carbons (Fsp3) is 0.533. The Morgan fingerprint density at radius 2 is 1.85 bits per heavy atom. The first-order chi connectivity index (χ1) is 9.59. The van der Waals surface area contributed by atoms with Gasteiger partial charge in [0.15, 0.2) is 11.5 Å². The Morgan fingerprint density at radius 1 is 1.25 bits per heavy atom. The Balaban J connectivity index is 2.50. The third kappa shape index (κ3) is 3.87. The van der Waals surface area contributed by atoms with Crippen molar-refractivity contribution in [2.75, 3.05) is 20.3 Å². The molecule has 1 rings (SSSR count). The Bertz CT molecular complexity index is 430. The Labute approximate surface area is 119 Å². The minimum Gasteiger partial charge on any atom is -0.493 e. The van der Waals surface area contributed by atoms with E-state index in [1.165, 1.54) is 0 Å². The van der Waals surface area contributed by atoms with Crippen LogP contribution >= 0.6 is 0 Å². The van der Waals surface area contributed by atoms with Crippen LogP contribution in [-0.2, 0) is 4.79 Å². The first kappa shape index (κ1) is 16.3. The summed E-state index contributed by atoms with van der Waals surface area (Å²) < 4.78 is 10.8. The van der Waals surface area contributed by atoms with E-state index in [0.29, 0.717) is 37.5 Å². The minimum absolute atomic E-state index is 0.384. The number of carbonyl (C=O) groups is 1. The maximum atomic E-state index is 11.3. The van der Waals surface area contributed by atoms with Crippen LogP contribution in [0, 0.1) is 0 Å². The summed E-state index contributed by atoms with van der Waals surface area (Å²) in [7, 11) is 1.59. The van der Waals surface area contributed by atoms with Crippen molar-refractivity contribution in [3.8, 4) is 11.5 Å². The van der Waals surface area contributed by atoms with Gasteiger partial charge >= 0.3 is 5.97 Å². The molecule has 1 aromatic rings. The van der Waals surface area contributed by atoms with Gasteiger partial charge in [0.2, 0.25) is 0 Å². The van der Waals surface area contributed by atoms with Crippen LogP contribution in [0.4, 0.5) is 0 Å². The number of carboxylic acid groups (broad SMARTS) is 1. The number of para-hydroxylation sites is 2. The lowest BCUT2D eigenvalue weighted by Crippen LogP contribution is -2.52. The highest BCUT2D eigenvalue weighted by atomic mass is 16.5. The number of methoxy groups -OCH3 is 1. The van der Waals surface area contributed by atoms with Crippen LogP contribution in [0.3, 0.4) is 0 Å². The molecule has 20 heavy (non-hydrogen) atoms. The van der Waals surface area contributed by atoms with Gasteiger partial charge in [-0.3, -0.25) is 10.1 Å². The van der Waals surface area contributed by atoms with Gasteiger partial charge in [-0.1, -0.05) is 26.0 Å². The van der Waals surface area contributed by atoms with E-state index in [1.807, 2.05) is 38.1 Å². The van der Waals surface area contributed by atoms with Crippen molar-refractivity contribution in [1.29, 1.82) is 0 Å². The molecule has 0 amide bonds. The van der Waals surface area contributed by atoms with Gasteiger partial charge in [-0.2, -0.15) is 0 Å². The molecule has 5 heteroatoms. The summed E-state index contributed by atoms with van der Waals surface area (Å²) in [6.07, 6.45) is 1.07. The molecule has 0 saturated carbocycles. The van der Waals surface area contributed by atoms with Crippen molar-refractivity contribution in [1.82, 2.24) is 5.32 Å². The normalized spacial score (nSPS) is 11.2. The average Bonchev–Trinajstić information content (AvgIpc) is 2.48. The van der Waals surface area contributed by atoms with Gasteiger partial charge < -0.3 is 14.6 Å². The highest BCUT2D eigenvalue weighted by molar-refractivity contribution is 5.78. The number of nitrogens with one attached hydrogen (secondary N) is 1. The molecule has 2 N–H and O–H groups in total. The van der Waals surface area contributed by atoms with Crippen molar-refractivity contribution in [2.24, 2.45) is 0 Å². The first-order valence-corrected chi connectivity index (χ1v) is 6.84. The molecular weight excluding hydrogens is 258 g/mol. The second-order valence-corrected chi connectivity index (χ2v) is 4.52. The predicted octanol–water partition coefficient (Wildman–Crippen LogP) is 2.31. The predicted molar refractivity (Wildman–Crippen MR) is 77.4 cm³/mol. The van der Waals surface area contributed by atoms with E-state index in [4.69, 9.17) is 9.47 Å². The molecular formula is C15H23NO4. The lowest BCUT2D eigenvalue weighted by molar-refractivity contribution is -0.145. The molecule has 0 aliphatic rings. The number of rotatable bonds is 9. The molecule has 1 aromatic carbocycles. The van der Waals surface area contributed by atoms with Gasteiger partial charge in [0.1, 0.15) is 12.1 Å². The smallest absolute Gasteiger partial charge is 0.323 e. The molecule has 0 aromatic heterocycles. The topological polar surface area (TPSA) is 67.8 Å². The summed E-state index contributed by atoms with van der Waals surface area (Å²) in [6, 6.07) is 7.38. The van der Waals surface area contributed by atoms with Gasteiger partial charge in [0, 0.05) is 6.54 Å². The van der Waals surface area contributed by atoms with Gasteiger partial charge in [-0.15, -0.1) is 0 Å². The van der Waals surface area contributed by atoms with Gasteiger partial charge in [-0.05, 0) is 25.0 Å². The van der Waals surface area contributed by atoms with Crippen LogP contribution in [0.15, 0.2) is 24.3 Å². The molecule has 0 spiro atoms. The number of hydrogen-bond acceptors (Lipinski definition) is 4. The molecule has 0 bridgehead atoms. The quantitative estimate of drug-likeness (QED) is 0.680. The third-order valence-corrected chi connectivity index (χ3v) is 3.51. The van der Waals surface area contributed by atoms with Crippen LogP contribution in [-0.4, -0.2) is 36.9 Å². The molecule has 0 heterocycles. The van der Waals surface area contributed by atoms with Crippen molar-refractivity contribution in [3.63, 3.8) is 0 Å². The molecule has 0 fully saturated rings. The number of ether oxygens (including phenoxy) is 2. The molecule has 0 radical (unpaired) electrons. The maximum absolute atomic E-state index is 11.3. The van der Waals surface area contributed by atoms with Crippen LogP contribution in [0.5, 0.6) is 11.5 Å². The lowest BCUT2D eigenvalue weighted by Gasteiger charge is -2.28. The fourth-order valence-corrected chi connectivity index (χ4v) is 2.07. The largest absolute Gasteiger partial charge is 0.493 e. The first-order valence-electron chi connectivity index (χ1n) is 6.84. The number of hydrogen-bond donors (Lipinski definition) is 2. The molecule has 0 atom stereocenters. The Kier molecular flexibility index (Phi) is 6.31. The summed E-state index contributed by atoms with van der Waals surface area (Å²) in [5.74, 6) is 0.508. The standard InChI is InChI=1S/C15H23NO4/c1-4-15(5-2,14(17)18)16-10-11-20-13-9-7-6-8-12(13)19-3/h6-9,16H,4-5,10-11H2,1-3H3,(H,17,18). The molecule has 0 saturated heterocycles. The van der Waals surface area contributed by atoms with Gasteiger partial charge in [0.25, 0.3) is 0 Å². The molecule has 0 aliphatic carbocycles. The summed E-state index contributed by atoms with van der Waals surface area (Å²) in [4.78, 5) is 11.3.